The molecule has 1 heterocycles. The minimum atomic E-state index is -0.802. The quantitative estimate of drug-likeness (QED) is 0.887. The summed E-state index contributed by atoms with van der Waals surface area (Å²) in [4.78, 5) is 11.0. The van der Waals surface area contributed by atoms with E-state index in [0.717, 1.165) is 24.2 Å². The van der Waals surface area contributed by atoms with Gasteiger partial charge in [-0.15, -0.1) is 0 Å². The summed E-state index contributed by atoms with van der Waals surface area (Å²) in [7, 11) is 0. The van der Waals surface area contributed by atoms with E-state index in [4.69, 9.17) is 9.84 Å². The Kier molecular flexibility index (Phi) is 3.33. The fourth-order valence-corrected chi connectivity index (χ4v) is 2.93. The van der Waals surface area contributed by atoms with Gasteiger partial charge in [0.2, 0.25) is 0 Å². The Balaban J connectivity index is 2.49. The molecule has 1 aliphatic heterocycles. The van der Waals surface area contributed by atoms with Gasteiger partial charge in [-0.1, -0.05) is 0 Å². The first-order valence-electron chi connectivity index (χ1n) is 6.75. The van der Waals surface area contributed by atoms with Crippen LogP contribution < -0.4 is 4.74 Å². The summed E-state index contributed by atoms with van der Waals surface area (Å²) in [5.41, 5.74) is 5.67. The van der Waals surface area contributed by atoms with Gasteiger partial charge in [0.1, 0.15) is 11.4 Å². The van der Waals surface area contributed by atoms with Crippen LogP contribution >= 0.6 is 0 Å². The van der Waals surface area contributed by atoms with Crippen LogP contribution in [-0.4, -0.2) is 16.7 Å². The Morgan fingerprint density at radius 1 is 1.16 bits per heavy atom. The summed E-state index contributed by atoms with van der Waals surface area (Å²) in [5.74, 6) is 0.111. The Bertz CT molecular complexity index is 546. The normalized spacial score (nSPS) is 21.7. The first-order chi connectivity index (χ1) is 8.75. The van der Waals surface area contributed by atoms with Crippen molar-refractivity contribution in [2.75, 3.05) is 0 Å². The Labute approximate surface area is 114 Å². The molecule has 1 N–H and O–H groups in total. The zero-order chi connectivity index (χ0) is 14.4. The van der Waals surface area contributed by atoms with E-state index in [2.05, 4.69) is 27.7 Å². The summed E-state index contributed by atoms with van der Waals surface area (Å²) in [6.45, 7) is 10.3. The van der Waals surface area contributed by atoms with E-state index < -0.39 is 11.6 Å². The van der Waals surface area contributed by atoms with Gasteiger partial charge in [0.15, 0.2) is 0 Å². The molecule has 1 unspecified atom stereocenters. The van der Waals surface area contributed by atoms with E-state index in [0.29, 0.717) is 0 Å². The molecule has 0 aromatic heterocycles. The molecule has 0 amide bonds. The Morgan fingerprint density at radius 2 is 1.74 bits per heavy atom. The lowest BCUT2D eigenvalue weighted by Gasteiger charge is -2.37. The molecule has 104 valence electrons. The highest BCUT2D eigenvalue weighted by Gasteiger charge is 2.35. The van der Waals surface area contributed by atoms with Crippen molar-refractivity contribution < 1.29 is 14.6 Å². The van der Waals surface area contributed by atoms with Crippen LogP contribution in [0.25, 0.3) is 0 Å². The number of carbonyl (C=O) groups is 1. The van der Waals surface area contributed by atoms with Crippen LogP contribution in [0.4, 0.5) is 0 Å². The van der Waals surface area contributed by atoms with Gasteiger partial charge in [0, 0.05) is 0 Å². The smallest absolute Gasteiger partial charge is 0.307 e. The van der Waals surface area contributed by atoms with Gasteiger partial charge >= 0.3 is 5.97 Å². The minimum Gasteiger partial charge on any atom is -0.486 e. The van der Waals surface area contributed by atoms with Crippen molar-refractivity contribution in [2.24, 2.45) is 0 Å². The number of carboxylic acids is 1. The second-order valence-electron chi connectivity index (χ2n) is 5.93. The van der Waals surface area contributed by atoms with Crippen molar-refractivity contribution in [2.45, 2.75) is 59.5 Å². The van der Waals surface area contributed by atoms with Gasteiger partial charge in [-0.25, -0.2) is 0 Å². The van der Waals surface area contributed by atoms with E-state index in [-0.39, 0.29) is 6.42 Å². The number of hydrogen-bond acceptors (Lipinski definition) is 2. The molecular weight excluding hydrogens is 240 g/mol. The summed E-state index contributed by atoms with van der Waals surface area (Å²) in [6, 6.07) is 0. The van der Waals surface area contributed by atoms with Crippen molar-refractivity contribution in [3.63, 3.8) is 0 Å². The molecular formula is C16H22O3. The van der Waals surface area contributed by atoms with Crippen LogP contribution in [0.15, 0.2) is 0 Å². The lowest BCUT2D eigenvalue weighted by molar-refractivity contribution is -0.141. The molecule has 2 rings (SSSR count). The highest BCUT2D eigenvalue weighted by molar-refractivity contribution is 5.68. The van der Waals surface area contributed by atoms with Gasteiger partial charge in [0.25, 0.3) is 0 Å². The zero-order valence-electron chi connectivity index (χ0n) is 12.4. The fraction of sp³-hybridized carbons (Fsp3) is 0.562. The van der Waals surface area contributed by atoms with E-state index in [9.17, 15) is 4.79 Å². The molecule has 1 aliphatic rings. The summed E-state index contributed by atoms with van der Waals surface area (Å²) in [5, 5.41) is 9.02. The fourth-order valence-electron chi connectivity index (χ4n) is 2.93. The van der Waals surface area contributed by atoms with E-state index in [1.54, 1.807) is 0 Å². The third kappa shape index (κ3) is 2.34. The highest BCUT2D eigenvalue weighted by atomic mass is 16.5. The monoisotopic (exact) mass is 262 g/mol. The van der Waals surface area contributed by atoms with Gasteiger partial charge in [0.05, 0.1) is 6.42 Å². The molecule has 1 aromatic rings. The second-order valence-corrected chi connectivity index (χ2v) is 5.93. The van der Waals surface area contributed by atoms with E-state index in [1.807, 2.05) is 6.92 Å². The van der Waals surface area contributed by atoms with E-state index in [1.165, 1.54) is 22.3 Å². The maximum Gasteiger partial charge on any atom is 0.307 e. The molecule has 0 radical (unpaired) electrons. The molecule has 0 saturated heterocycles. The average Bonchev–Trinajstić information content (AvgIpc) is 2.32. The first kappa shape index (κ1) is 13.9. The molecule has 0 saturated carbocycles. The van der Waals surface area contributed by atoms with Crippen molar-refractivity contribution in [3.05, 3.63) is 27.8 Å². The molecule has 0 fully saturated rings. The lowest BCUT2D eigenvalue weighted by atomic mass is 9.84. The first-order valence-corrected chi connectivity index (χ1v) is 6.75. The number of ether oxygens (including phenoxy) is 1. The molecule has 19 heavy (non-hydrogen) atoms. The predicted molar refractivity (Wildman–Crippen MR) is 75.0 cm³/mol. The Morgan fingerprint density at radius 3 is 2.32 bits per heavy atom. The molecule has 1 aromatic carbocycles. The third-order valence-electron chi connectivity index (χ3n) is 4.53. The van der Waals surface area contributed by atoms with Gasteiger partial charge < -0.3 is 9.84 Å². The standard InChI is InChI=1S/C16H22O3/c1-9-10(2)12(4)15-13(11(9)3)6-7-16(5,19-15)8-14(17)18/h6-8H2,1-5H3,(H,17,18). The average molecular weight is 262 g/mol. The van der Waals surface area contributed by atoms with Crippen LogP contribution in [0.1, 0.15) is 47.6 Å². The molecule has 3 nitrogen and oxygen atoms in total. The second kappa shape index (κ2) is 4.55. The zero-order valence-corrected chi connectivity index (χ0v) is 12.4. The van der Waals surface area contributed by atoms with Crippen LogP contribution in [0.3, 0.4) is 0 Å². The molecule has 0 aliphatic carbocycles. The summed E-state index contributed by atoms with van der Waals surface area (Å²) < 4.78 is 6.10. The largest absolute Gasteiger partial charge is 0.486 e. The molecule has 0 spiro atoms. The van der Waals surface area contributed by atoms with Gasteiger partial charge in [-0.2, -0.15) is 0 Å². The van der Waals surface area contributed by atoms with Crippen molar-refractivity contribution in [1.82, 2.24) is 0 Å². The van der Waals surface area contributed by atoms with Gasteiger partial charge in [-0.05, 0) is 75.3 Å². The molecule has 3 heteroatoms. The highest BCUT2D eigenvalue weighted by Crippen LogP contribution is 2.41. The number of rotatable bonds is 2. The minimum absolute atomic E-state index is 0.0534. The number of hydrogen-bond donors (Lipinski definition) is 1. The maximum absolute atomic E-state index is 11.0. The lowest BCUT2D eigenvalue weighted by Crippen LogP contribution is -2.39. The SMILES string of the molecule is Cc1c(C)c(C)c2c(c1C)CCC(C)(CC(=O)O)O2. The topological polar surface area (TPSA) is 46.5 Å². The van der Waals surface area contributed by atoms with Crippen LogP contribution in [0, 0.1) is 27.7 Å². The van der Waals surface area contributed by atoms with Crippen LogP contribution in [0.5, 0.6) is 5.75 Å². The van der Waals surface area contributed by atoms with Crippen LogP contribution in [-0.2, 0) is 11.2 Å². The maximum atomic E-state index is 11.0. The Hall–Kier alpha value is -1.51. The number of fused-ring (bicyclic) bond motifs is 1. The van der Waals surface area contributed by atoms with E-state index >= 15 is 0 Å². The molecule has 0 bridgehead atoms. The number of benzene rings is 1. The number of carboxylic acid groups (broad SMARTS) is 1. The summed E-state index contributed by atoms with van der Waals surface area (Å²) in [6.07, 6.45) is 1.71. The van der Waals surface area contributed by atoms with Gasteiger partial charge in [-0.3, -0.25) is 4.79 Å². The molecule has 1 atom stereocenters. The van der Waals surface area contributed by atoms with Crippen molar-refractivity contribution >= 4 is 5.97 Å². The predicted octanol–water partition coefficient (Wildman–Crippen LogP) is 3.48. The van der Waals surface area contributed by atoms with Crippen LogP contribution in [0.2, 0.25) is 0 Å². The van der Waals surface area contributed by atoms with Crippen molar-refractivity contribution in [3.8, 4) is 5.75 Å². The third-order valence-corrected chi connectivity index (χ3v) is 4.53. The van der Waals surface area contributed by atoms with Crippen molar-refractivity contribution in [1.29, 1.82) is 0 Å². The number of aliphatic carboxylic acids is 1. The summed E-state index contributed by atoms with van der Waals surface area (Å²) >= 11 is 0.